The van der Waals surface area contributed by atoms with Gasteiger partial charge in [-0.1, -0.05) is 81.4 Å². The van der Waals surface area contributed by atoms with Gasteiger partial charge in [0, 0.05) is 37.9 Å². The molecule has 1 N–H and O–H groups in total. The van der Waals surface area contributed by atoms with Crippen molar-refractivity contribution >= 4 is 27.9 Å². The summed E-state index contributed by atoms with van der Waals surface area (Å²) < 4.78 is 2.20. The number of fused-ring (bicyclic) bond motifs is 2. The van der Waals surface area contributed by atoms with Crippen molar-refractivity contribution in [2.75, 3.05) is 0 Å². The quantitative estimate of drug-likeness (QED) is 0.188. The Labute approximate surface area is 282 Å². The van der Waals surface area contributed by atoms with Crippen molar-refractivity contribution in [3.8, 4) is 39.5 Å². The number of para-hydroxylation sites is 1. The van der Waals surface area contributed by atoms with Crippen molar-refractivity contribution < 1.29 is 31.0 Å². The number of pyridine rings is 1. The van der Waals surface area contributed by atoms with E-state index in [1.54, 1.807) is 6.07 Å². The zero-order valence-corrected chi connectivity index (χ0v) is 28.5. The van der Waals surface area contributed by atoms with Gasteiger partial charge in [-0.05, 0) is 88.9 Å². The van der Waals surface area contributed by atoms with Crippen LogP contribution in [0.4, 0.5) is 0 Å². The Kier molecular flexibility index (Phi) is 8.03. The maximum atomic E-state index is 12.2. The minimum Gasteiger partial charge on any atom is -0.663 e. The molecular formula is C39H33N4O2Pt-. The van der Waals surface area contributed by atoms with E-state index in [4.69, 9.17) is 9.97 Å². The molecule has 46 heavy (non-hydrogen) atoms. The maximum absolute atomic E-state index is 12.2. The molecule has 0 radical (unpaired) electrons. The van der Waals surface area contributed by atoms with Crippen molar-refractivity contribution in [1.29, 1.82) is 0 Å². The molecule has 0 spiro atoms. The minimum atomic E-state index is -1.08. The summed E-state index contributed by atoms with van der Waals surface area (Å²) in [7, 11) is 0. The molecule has 0 amide bonds. The molecule has 7 heteroatoms. The number of hydrogen-bond donors (Lipinski definition) is 1. The summed E-state index contributed by atoms with van der Waals surface area (Å²) in [4.78, 5) is 27.0. The predicted octanol–water partition coefficient (Wildman–Crippen LogP) is 9.14. The number of aryl methyl sites for hydroxylation is 2. The number of hydrogen-bond acceptors (Lipinski definition) is 3. The first-order valence-corrected chi connectivity index (χ1v) is 15.0. The van der Waals surface area contributed by atoms with Crippen LogP contribution in [0.2, 0.25) is 0 Å². The first-order valence-electron chi connectivity index (χ1n) is 15.0. The van der Waals surface area contributed by atoms with E-state index in [0.29, 0.717) is 5.69 Å². The van der Waals surface area contributed by atoms with E-state index in [0.717, 1.165) is 66.8 Å². The van der Waals surface area contributed by atoms with E-state index >= 15 is 0 Å². The number of carbonyl (C=O) groups is 1. The smallest absolute Gasteiger partial charge is 0.354 e. The van der Waals surface area contributed by atoms with E-state index in [2.05, 4.69) is 86.6 Å². The van der Waals surface area contributed by atoms with E-state index in [9.17, 15) is 9.90 Å². The van der Waals surface area contributed by atoms with Crippen LogP contribution in [0.1, 0.15) is 48.0 Å². The Balaban J connectivity index is 0.00000372. The van der Waals surface area contributed by atoms with Gasteiger partial charge in [-0.15, -0.1) is 5.52 Å². The van der Waals surface area contributed by atoms with Gasteiger partial charge in [-0.2, -0.15) is 6.20 Å². The molecule has 232 valence electrons. The molecule has 0 aliphatic rings. The van der Waals surface area contributed by atoms with Crippen LogP contribution in [-0.2, 0) is 26.5 Å². The molecule has 6 nitrogen and oxygen atoms in total. The first kappa shape index (κ1) is 31.2. The Bertz CT molecular complexity index is 2240. The number of carboxylic acids is 1. The Morgan fingerprint density at radius 1 is 0.783 bits per heavy atom. The van der Waals surface area contributed by atoms with Crippen LogP contribution < -0.4 is 4.98 Å². The van der Waals surface area contributed by atoms with Gasteiger partial charge in [0.1, 0.15) is 11.5 Å². The van der Waals surface area contributed by atoms with Crippen molar-refractivity contribution in [2.45, 2.75) is 40.0 Å². The maximum Gasteiger partial charge on any atom is 0.354 e. The largest absolute Gasteiger partial charge is 0.663 e. The Morgan fingerprint density at radius 3 is 2.22 bits per heavy atom. The molecule has 0 atom stereocenters. The SMILES string of the molecule is Cc1cc(C)cc(-n2c(-c3cc(C(C)(C)C)cc4cc[n-]c34)nc3c(-c4cc(-c5ccccc5)cc(C(=O)O)n4)cccc32)c1.[Pt]. The van der Waals surface area contributed by atoms with E-state index in [-0.39, 0.29) is 32.2 Å². The van der Waals surface area contributed by atoms with Gasteiger partial charge in [0.2, 0.25) is 0 Å². The molecule has 0 unspecified atom stereocenters. The third-order valence-electron chi connectivity index (χ3n) is 8.28. The average molecular weight is 785 g/mol. The number of carboxylic acid groups (broad SMARTS) is 1. The summed E-state index contributed by atoms with van der Waals surface area (Å²) >= 11 is 0. The molecule has 0 bridgehead atoms. The average Bonchev–Trinajstić information content (AvgIpc) is 3.65. The van der Waals surface area contributed by atoms with Gasteiger partial charge in [0.05, 0.1) is 16.7 Å². The number of aromatic carboxylic acids is 1. The molecule has 7 aromatic rings. The second kappa shape index (κ2) is 11.8. The second-order valence-corrected chi connectivity index (χ2v) is 12.7. The summed E-state index contributed by atoms with van der Waals surface area (Å²) in [6.45, 7) is 10.8. The fraction of sp³-hybridized carbons (Fsp3) is 0.154. The number of aromatic nitrogens is 4. The Hall–Kier alpha value is -4.80. The molecule has 3 heterocycles. The molecule has 0 fully saturated rings. The predicted molar refractivity (Wildman–Crippen MR) is 181 cm³/mol. The molecule has 0 aliphatic carbocycles. The summed E-state index contributed by atoms with van der Waals surface area (Å²) in [5.74, 6) is -0.304. The Morgan fingerprint density at radius 2 is 1.52 bits per heavy atom. The topological polar surface area (TPSA) is 82.1 Å². The van der Waals surface area contributed by atoms with Gasteiger partial charge >= 0.3 is 5.97 Å². The normalized spacial score (nSPS) is 11.6. The van der Waals surface area contributed by atoms with Gasteiger partial charge in [0.15, 0.2) is 0 Å². The van der Waals surface area contributed by atoms with Crippen LogP contribution in [0.25, 0.3) is 61.4 Å². The van der Waals surface area contributed by atoms with Crippen molar-refractivity contribution in [2.24, 2.45) is 0 Å². The number of benzene rings is 4. The zero-order chi connectivity index (χ0) is 31.5. The number of rotatable bonds is 5. The van der Waals surface area contributed by atoms with Gasteiger partial charge in [-0.25, -0.2) is 14.8 Å². The van der Waals surface area contributed by atoms with Gasteiger partial charge < -0.3 is 10.1 Å². The third kappa shape index (κ3) is 5.58. The fourth-order valence-corrected chi connectivity index (χ4v) is 6.13. The molecule has 0 aliphatic heterocycles. The van der Waals surface area contributed by atoms with E-state index in [1.165, 1.54) is 5.56 Å². The van der Waals surface area contributed by atoms with Crippen LogP contribution in [-0.4, -0.2) is 25.6 Å². The van der Waals surface area contributed by atoms with Crippen LogP contribution in [0, 0.1) is 13.8 Å². The zero-order valence-electron chi connectivity index (χ0n) is 26.3. The monoisotopic (exact) mass is 784 g/mol. The van der Waals surface area contributed by atoms with E-state index in [1.807, 2.05) is 54.7 Å². The molecular weight excluding hydrogens is 752 g/mol. The van der Waals surface area contributed by atoms with Crippen LogP contribution in [0.15, 0.2) is 103 Å². The van der Waals surface area contributed by atoms with Crippen LogP contribution >= 0.6 is 0 Å². The summed E-state index contributed by atoms with van der Waals surface area (Å²) in [5.41, 5.74) is 10.9. The standard InChI is InChI=1S/C39H34N4O2.Pt/c1-23-16-24(2)18-29(17-23)43-34-13-9-12-30(32-20-27(21-33(41-32)38(44)45)25-10-7-6-8-11-25)36(34)42-37(43)31-22-28(39(3,4)5)19-26-14-15-40-35(26)31;/h6-22H,1-5H3,(H2,40,41,42,44,45);/p-1. The van der Waals surface area contributed by atoms with Crippen molar-refractivity contribution in [1.82, 2.24) is 19.5 Å². The molecule has 4 aromatic carbocycles. The number of imidazole rings is 1. The van der Waals surface area contributed by atoms with Crippen LogP contribution in [0.3, 0.4) is 0 Å². The molecule has 7 rings (SSSR count). The third-order valence-corrected chi connectivity index (χ3v) is 8.28. The van der Waals surface area contributed by atoms with Gasteiger partial charge in [0.25, 0.3) is 0 Å². The first-order chi connectivity index (χ1) is 21.6. The van der Waals surface area contributed by atoms with Crippen molar-refractivity contribution in [3.05, 3.63) is 126 Å². The minimum absolute atomic E-state index is 0. The van der Waals surface area contributed by atoms with Crippen molar-refractivity contribution in [3.63, 3.8) is 0 Å². The fourth-order valence-electron chi connectivity index (χ4n) is 6.13. The van der Waals surface area contributed by atoms with Crippen LogP contribution in [0.5, 0.6) is 0 Å². The molecule has 0 saturated carbocycles. The molecule has 3 aromatic heterocycles. The van der Waals surface area contributed by atoms with Gasteiger partial charge in [-0.3, -0.25) is 4.57 Å². The summed E-state index contributed by atoms with van der Waals surface area (Å²) in [6, 6.07) is 32.3. The molecule has 0 saturated heterocycles. The van der Waals surface area contributed by atoms with E-state index < -0.39 is 5.97 Å². The summed E-state index contributed by atoms with van der Waals surface area (Å²) in [6.07, 6.45) is 1.85. The number of nitrogens with zero attached hydrogens (tertiary/aromatic N) is 4. The summed E-state index contributed by atoms with van der Waals surface area (Å²) in [5, 5.41) is 11.1. The second-order valence-electron chi connectivity index (χ2n) is 12.7.